The summed E-state index contributed by atoms with van der Waals surface area (Å²) in [6.45, 7) is 4.87. The van der Waals surface area contributed by atoms with Crippen LogP contribution in [-0.2, 0) is 10.0 Å². The van der Waals surface area contributed by atoms with Gasteiger partial charge in [-0.25, -0.2) is 13.2 Å². The van der Waals surface area contributed by atoms with Gasteiger partial charge in [0.2, 0.25) is 10.0 Å². The lowest BCUT2D eigenvalue weighted by Gasteiger charge is -2.22. The van der Waals surface area contributed by atoms with Crippen molar-refractivity contribution < 1.29 is 18.3 Å². The van der Waals surface area contributed by atoms with E-state index < -0.39 is 20.7 Å². The van der Waals surface area contributed by atoms with E-state index >= 15 is 0 Å². The molecule has 2 aromatic carbocycles. The molecule has 0 aromatic heterocycles. The predicted octanol–water partition coefficient (Wildman–Crippen LogP) is 3.59. The van der Waals surface area contributed by atoms with Crippen molar-refractivity contribution in [2.75, 3.05) is 4.72 Å². The van der Waals surface area contributed by atoms with E-state index in [9.17, 15) is 13.2 Å². The smallest absolute Gasteiger partial charge is 0.335 e. The topological polar surface area (TPSA) is 83.5 Å². The maximum absolute atomic E-state index is 12.4. The summed E-state index contributed by atoms with van der Waals surface area (Å²) in [6, 6.07) is 13.3. The number of carboxylic acids is 1. The van der Waals surface area contributed by atoms with Crippen LogP contribution in [0.25, 0.3) is 11.1 Å². The number of hydrogen-bond acceptors (Lipinski definition) is 3. The second-order valence-electron chi connectivity index (χ2n) is 6.15. The lowest BCUT2D eigenvalue weighted by Crippen LogP contribution is -2.33. The Balaban J connectivity index is 2.44. The van der Waals surface area contributed by atoms with E-state index in [-0.39, 0.29) is 5.56 Å². The number of nitrogens with one attached hydrogen (secondary N) is 1. The molecule has 122 valence electrons. The molecule has 0 amide bonds. The first-order chi connectivity index (χ1) is 10.6. The quantitative estimate of drug-likeness (QED) is 0.895. The zero-order chi connectivity index (χ0) is 17.3. The maximum Gasteiger partial charge on any atom is 0.335 e. The van der Waals surface area contributed by atoms with E-state index in [0.29, 0.717) is 11.3 Å². The molecule has 0 spiro atoms. The molecule has 0 heterocycles. The van der Waals surface area contributed by atoms with Gasteiger partial charge in [-0.15, -0.1) is 0 Å². The Morgan fingerprint density at radius 3 is 2.09 bits per heavy atom. The molecule has 23 heavy (non-hydrogen) atoms. The SMILES string of the molecule is CC(C)(C)S(=O)(=O)Nc1ccccc1-c1ccc(C(=O)O)cc1. The Morgan fingerprint density at radius 2 is 1.57 bits per heavy atom. The molecule has 0 unspecified atom stereocenters. The normalized spacial score (nSPS) is 12.0. The van der Waals surface area contributed by atoms with Crippen LogP contribution in [0.5, 0.6) is 0 Å². The number of rotatable bonds is 4. The molecular weight excluding hydrogens is 314 g/mol. The average Bonchev–Trinajstić information content (AvgIpc) is 2.46. The van der Waals surface area contributed by atoms with Crippen molar-refractivity contribution >= 4 is 21.7 Å². The highest BCUT2D eigenvalue weighted by atomic mass is 32.2. The van der Waals surface area contributed by atoms with Gasteiger partial charge in [-0.1, -0.05) is 30.3 Å². The number of aromatic carboxylic acids is 1. The van der Waals surface area contributed by atoms with Gasteiger partial charge in [0, 0.05) is 5.56 Å². The monoisotopic (exact) mass is 333 g/mol. The molecule has 0 aliphatic carbocycles. The molecule has 6 heteroatoms. The molecule has 0 atom stereocenters. The number of hydrogen-bond donors (Lipinski definition) is 2. The second kappa shape index (κ2) is 6.04. The fraction of sp³-hybridized carbons (Fsp3) is 0.235. The molecule has 0 radical (unpaired) electrons. The third-order valence-electron chi connectivity index (χ3n) is 3.42. The van der Waals surface area contributed by atoms with Gasteiger partial charge in [-0.3, -0.25) is 4.72 Å². The van der Waals surface area contributed by atoms with E-state index in [0.717, 1.165) is 5.56 Å². The number of sulfonamides is 1. The van der Waals surface area contributed by atoms with Crippen molar-refractivity contribution in [3.05, 3.63) is 54.1 Å². The van der Waals surface area contributed by atoms with Gasteiger partial charge in [0.1, 0.15) is 0 Å². The summed E-state index contributed by atoms with van der Waals surface area (Å²) >= 11 is 0. The lowest BCUT2D eigenvalue weighted by molar-refractivity contribution is 0.0697. The average molecular weight is 333 g/mol. The van der Waals surface area contributed by atoms with E-state index in [1.807, 2.05) is 0 Å². The summed E-state index contributed by atoms with van der Waals surface area (Å²) in [5.74, 6) is -1.00. The summed E-state index contributed by atoms with van der Waals surface area (Å²) in [7, 11) is -3.55. The number of carbonyl (C=O) groups is 1. The molecule has 0 bridgehead atoms. The Bertz CT molecular complexity index is 818. The van der Waals surface area contributed by atoms with Crippen molar-refractivity contribution in [1.82, 2.24) is 0 Å². The molecule has 0 aliphatic heterocycles. The zero-order valence-electron chi connectivity index (χ0n) is 13.2. The largest absolute Gasteiger partial charge is 0.478 e. The number of benzene rings is 2. The van der Waals surface area contributed by atoms with Gasteiger partial charge < -0.3 is 5.11 Å². The van der Waals surface area contributed by atoms with E-state index in [1.165, 1.54) is 12.1 Å². The number of anilines is 1. The molecule has 0 aliphatic rings. The van der Waals surface area contributed by atoms with Crippen molar-refractivity contribution in [2.24, 2.45) is 0 Å². The molecule has 0 fully saturated rings. The van der Waals surface area contributed by atoms with Gasteiger partial charge in [0.25, 0.3) is 0 Å². The first kappa shape index (κ1) is 17.0. The Labute approximate surface area is 136 Å². The Kier molecular flexibility index (Phi) is 4.47. The van der Waals surface area contributed by atoms with Crippen LogP contribution in [0.2, 0.25) is 0 Å². The molecule has 5 nitrogen and oxygen atoms in total. The lowest BCUT2D eigenvalue weighted by atomic mass is 10.0. The van der Waals surface area contributed by atoms with Gasteiger partial charge in [0.05, 0.1) is 16.0 Å². The van der Waals surface area contributed by atoms with Crippen LogP contribution < -0.4 is 4.72 Å². The number of para-hydroxylation sites is 1. The van der Waals surface area contributed by atoms with Gasteiger partial charge >= 0.3 is 5.97 Å². The van der Waals surface area contributed by atoms with Crippen LogP contribution in [0.3, 0.4) is 0 Å². The summed E-state index contributed by atoms with van der Waals surface area (Å²) in [4.78, 5) is 10.9. The van der Waals surface area contributed by atoms with Crippen LogP contribution in [0, 0.1) is 0 Å². The van der Waals surface area contributed by atoms with Crippen molar-refractivity contribution in [3.8, 4) is 11.1 Å². The first-order valence-corrected chi connectivity index (χ1v) is 8.55. The van der Waals surface area contributed by atoms with Crippen molar-refractivity contribution in [3.63, 3.8) is 0 Å². The second-order valence-corrected chi connectivity index (χ2v) is 8.58. The minimum Gasteiger partial charge on any atom is -0.478 e. The molecule has 0 saturated heterocycles. The molecule has 0 saturated carbocycles. The molecule has 2 N–H and O–H groups in total. The van der Waals surface area contributed by atoms with Crippen LogP contribution in [0.4, 0.5) is 5.69 Å². The fourth-order valence-electron chi connectivity index (χ4n) is 1.91. The molecule has 2 aromatic rings. The first-order valence-electron chi connectivity index (χ1n) is 7.07. The van der Waals surface area contributed by atoms with Crippen LogP contribution >= 0.6 is 0 Å². The van der Waals surface area contributed by atoms with Crippen LogP contribution in [-0.4, -0.2) is 24.2 Å². The van der Waals surface area contributed by atoms with Gasteiger partial charge in [-0.05, 0) is 44.5 Å². The summed E-state index contributed by atoms with van der Waals surface area (Å²) < 4.78 is 26.4. The summed E-state index contributed by atoms with van der Waals surface area (Å²) in [6.07, 6.45) is 0. The highest BCUT2D eigenvalue weighted by Gasteiger charge is 2.29. The fourth-order valence-corrected chi connectivity index (χ4v) is 2.69. The van der Waals surface area contributed by atoms with Crippen LogP contribution in [0.1, 0.15) is 31.1 Å². The minimum atomic E-state index is -3.55. The van der Waals surface area contributed by atoms with E-state index in [1.54, 1.807) is 57.2 Å². The van der Waals surface area contributed by atoms with Crippen molar-refractivity contribution in [1.29, 1.82) is 0 Å². The predicted molar refractivity (Wildman–Crippen MR) is 91.1 cm³/mol. The third kappa shape index (κ3) is 3.71. The maximum atomic E-state index is 12.4. The van der Waals surface area contributed by atoms with Crippen LogP contribution in [0.15, 0.2) is 48.5 Å². The third-order valence-corrected chi connectivity index (χ3v) is 5.52. The summed E-state index contributed by atoms with van der Waals surface area (Å²) in [5, 5.41) is 8.95. The molecule has 2 rings (SSSR count). The Morgan fingerprint density at radius 1 is 1.00 bits per heavy atom. The van der Waals surface area contributed by atoms with E-state index in [2.05, 4.69) is 4.72 Å². The highest BCUT2D eigenvalue weighted by Crippen LogP contribution is 2.30. The number of carboxylic acid groups (broad SMARTS) is 1. The van der Waals surface area contributed by atoms with E-state index in [4.69, 9.17) is 5.11 Å². The standard InChI is InChI=1S/C17H19NO4S/c1-17(2,3)23(21,22)18-15-7-5-4-6-14(15)12-8-10-13(11-9-12)16(19)20/h4-11,18H,1-3H3,(H,19,20). The van der Waals surface area contributed by atoms with Gasteiger partial charge in [-0.2, -0.15) is 0 Å². The molecular formula is C17H19NO4S. The minimum absolute atomic E-state index is 0.182. The zero-order valence-corrected chi connectivity index (χ0v) is 14.0. The summed E-state index contributed by atoms with van der Waals surface area (Å²) in [5.41, 5.74) is 2.08. The Hall–Kier alpha value is -2.34. The van der Waals surface area contributed by atoms with Crippen molar-refractivity contribution in [2.45, 2.75) is 25.5 Å². The van der Waals surface area contributed by atoms with Gasteiger partial charge in [0.15, 0.2) is 0 Å². The highest BCUT2D eigenvalue weighted by molar-refractivity contribution is 7.94.